The van der Waals surface area contributed by atoms with Crippen LogP contribution in [0.25, 0.3) is 0 Å². The van der Waals surface area contributed by atoms with Crippen molar-refractivity contribution in [2.45, 2.75) is 24.8 Å². The predicted molar refractivity (Wildman–Crippen MR) is 95.7 cm³/mol. The van der Waals surface area contributed by atoms with Gasteiger partial charge in [-0.3, -0.25) is 0 Å². The topological polar surface area (TPSA) is 77.8 Å². The van der Waals surface area contributed by atoms with E-state index in [1.54, 1.807) is 48.9 Å². The Balaban J connectivity index is 1.88. The van der Waals surface area contributed by atoms with Crippen molar-refractivity contribution in [2.75, 3.05) is 20.3 Å². The van der Waals surface area contributed by atoms with Crippen molar-refractivity contribution in [1.82, 2.24) is 8.87 Å². The van der Waals surface area contributed by atoms with Gasteiger partial charge in [-0.05, 0) is 49.2 Å². The molecule has 0 amide bonds. The zero-order valence-corrected chi connectivity index (χ0v) is 15.9. The number of ether oxygens (including phenoxy) is 2. The van der Waals surface area contributed by atoms with Crippen LogP contribution in [-0.4, -0.2) is 43.5 Å². The Morgan fingerprint density at radius 3 is 2.54 bits per heavy atom. The number of fused-ring (bicyclic) bond motifs is 1. The average Bonchev–Trinajstić information content (AvgIpc) is 2.98. The SMILES string of the molecule is CCOC(=O)c1cc2c(n1C)CN(S(=O)(=O)c1ccc(OC)cc1)CC2. The van der Waals surface area contributed by atoms with Crippen molar-refractivity contribution in [3.8, 4) is 5.75 Å². The molecule has 1 aromatic carbocycles. The highest BCUT2D eigenvalue weighted by atomic mass is 32.2. The van der Waals surface area contributed by atoms with Crippen LogP contribution in [0.15, 0.2) is 35.2 Å². The Morgan fingerprint density at radius 1 is 1.23 bits per heavy atom. The number of aromatic nitrogens is 1. The van der Waals surface area contributed by atoms with Crippen LogP contribution in [0, 0.1) is 0 Å². The summed E-state index contributed by atoms with van der Waals surface area (Å²) >= 11 is 0. The number of carbonyl (C=O) groups excluding carboxylic acids is 1. The Hall–Kier alpha value is -2.32. The van der Waals surface area contributed by atoms with Gasteiger partial charge in [0, 0.05) is 19.3 Å². The number of rotatable bonds is 5. The predicted octanol–water partition coefficient (Wildman–Crippen LogP) is 1.96. The Kier molecular flexibility index (Phi) is 5.06. The molecule has 1 aliphatic heterocycles. The van der Waals surface area contributed by atoms with Crippen LogP contribution >= 0.6 is 0 Å². The molecule has 0 spiro atoms. The first kappa shape index (κ1) is 18.5. The van der Waals surface area contributed by atoms with E-state index in [2.05, 4.69) is 0 Å². The number of nitrogens with zero attached hydrogens (tertiary/aromatic N) is 2. The Labute approximate surface area is 153 Å². The largest absolute Gasteiger partial charge is 0.497 e. The van der Waals surface area contributed by atoms with Crippen molar-refractivity contribution in [3.05, 3.63) is 47.3 Å². The molecule has 3 rings (SSSR count). The second kappa shape index (κ2) is 7.13. The summed E-state index contributed by atoms with van der Waals surface area (Å²) in [6.45, 7) is 2.64. The lowest BCUT2D eigenvalue weighted by molar-refractivity contribution is 0.0515. The number of benzene rings is 1. The van der Waals surface area contributed by atoms with Gasteiger partial charge in [0.25, 0.3) is 0 Å². The summed E-state index contributed by atoms with van der Waals surface area (Å²) in [7, 11) is -0.327. The summed E-state index contributed by atoms with van der Waals surface area (Å²) in [5.74, 6) is 0.209. The summed E-state index contributed by atoms with van der Waals surface area (Å²) in [6, 6.07) is 8.13. The molecular weight excluding hydrogens is 356 g/mol. The van der Waals surface area contributed by atoms with Gasteiger partial charge in [-0.25, -0.2) is 13.2 Å². The van der Waals surface area contributed by atoms with Crippen LogP contribution in [0.2, 0.25) is 0 Å². The smallest absolute Gasteiger partial charge is 0.354 e. The maximum atomic E-state index is 12.9. The van der Waals surface area contributed by atoms with E-state index >= 15 is 0 Å². The molecule has 0 fully saturated rings. The highest BCUT2D eigenvalue weighted by molar-refractivity contribution is 7.89. The fourth-order valence-electron chi connectivity index (χ4n) is 3.12. The van der Waals surface area contributed by atoms with Gasteiger partial charge in [0.2, 0.25) is 10.0 Å². The molecule has 0 N–H and O–H groups in total. The molecule has 0 saturated heterocycles. The second-order valence-electron chi connectivity index (χ2n) is 6.05. The van der Waals surface area contributed by atoms with Crippen LogP contribution in [0.1, 0.15) is 28.7 Å². The summed E-state index contributed by atoms with van der Waals surface area (Å²) in [5.41, 5.74) is 2.24. The van der Waals surface area contributed by atoms with E-state index in [9.17, 15) is 13.2 Å². The lowest BCUT2D eigenvalue weighted by atomic mass is 10.1. The fraction of sp³-hybridized carbons (Fsp3) is 0.389. The highest BCUT2D eigenvalue weighted by Gasteiger charge is 2.31. The Bertz CT molecular complexity index is 916. The maximum absolute atomic E-state index is 12.9. The molecule has 0 radical (unpaired) electrons. The summed E-state index contributed by atoms with van der Waals surface area (Å²) in [4.78, 5) is 12.3. The first-order valence-electron chi connectivity index (χ1n) is 8.37. The van der Waals surface area contributed by atoms with Gasteiger partial charge in [-0.15, -0.1) is 0 Å². The fourth-order valence-corrected chi connectivity index (χ4v) is 4.53. The van der Waals surface area contributed by atoms with Crippen LogP contribution in [0.3, 0.4) is 0 Å². The molecule has 1 aromatic heterocycles. The Morgan fingerprint density at radius 2 is 1.92 bits per heavy atom. The van der Waals surface area contributed by atoms with Crippen LogP contribution in [0.4, 0.5) is 0 Å². The maximum Gasteiger partial charge on any atom is 0.354 e. The lowest BCUT2D eigenvalue weighted by Crippen LogP contribution is -2.36. The molecule has 2 heterocycles. The molecule has 140 valence electrons. The minimum Gasteiger partial charge on any atom is -0.497 e. The van der Waals surface area contributed by atoms with Crippen molar-refractivity contribution in [2.24, 2.45) is 7.05 Å². The van der Waals surface area contributed by atoms with Crippen LogP contribution in [-0.2, 0) is 34.8 Å². The molecule has 1 aliphatic rings. The third kappa shape index (κ3) is 3.22. The monoisotopic (exact) mass is 378 g/mol. The first-order valence-corrected chi connectivity index (χ1v) is 9.81. The van der Waals surface area contributed by atoms with Gasteiger partial charge in [0.1, 0.15) is 11.4 Å². The minimum absolute atomic E-state index is 0.222. The normalized spacial score (nSPS) is 14.7. The van der Waals surface area contributed by atoms with Crippen LogP contribution in [0.5, 0.6) is 5.75 Å². The molecule has 2 aromatic rings. The number of sulfonamides is 1. The van der Waals surface area contributed by atoms with Crippen molar-refractivity contribution >= 4 is 16.0 Å². The van der Waals surface area contributed by atoms with E-state index in [4.69, 9.17) is 9.47 Å². The third-order valence-electron chi connectivity index (χ3n) is 4.59. The van der Waals surface area contributed by atoms with E-state index < -0.39 is 16.0 Å². The standard InChI is InChI=1S/C18H22N2O5S/c1-4-25-18(21)16-11-13-9-10-20(12-17(13)19(16)2)26(22,23)15-7-5-14(24-3)6-8-15/h5-8,11H,4,9-10,12H2,1-3H3. The zero-order valence-electron chi connectivity index (χ0n) is 15.1. The number of methoxy groups -OCH3 is 1. The van der Waals surface area contributed by atoms with Crippen LogP contribution < -0.4 is 4.74 Å². The number of hydrogen-bond acceptors (Lipinski definition) is 5. The lowest BCUT2D eigenvalue weighted by Gasteiger charge is -2.27. The summed E-state index contributed by atoms with van der Waals surface area (Å²) < 4.78 is 39.2. The van der Waals surface area contributed by atoms with Gasteiger partial charge in [0.05, 0.1) is 25.2 Å². The molecule has 0 saturated carbocycles. The number of carbonyl (C=O) groups is 1. The first-order chi connectivity index (χ1) is 12.4. The molecule has 0 atom stereocenters. The molecule has 0 bridgehead atoms. The van der Waals surface area contributed by atoms with Gasteiger partial charge < -0.3 is 14.0 Å². The van der Waals surface area contributed by atoms with Gasteiger partial charge in [-0.1, -0.05) is 0 Å². The van der Waals surface area contributed by atoms with E-state index in [1.165, 1.54) is 11.4 Å². The molecule has 0 unspecified atom stereocenters. The van der Waals surface area contributed by atoms with E-state index in [-0.39, 0.29) is 11.4 Å². The molecule has 8 heteroatoms. The molecule has 7 nitrogen and oxygen atoms in total. The van der Waals surface area contributed by atoms with Crippen molar-refractivity contribution < 1.29 is 22.7 Å². The molecule has 0 aliphatic carbocycles. The average molecular weight is 378 g/mol. The van der Waals surface area contributed by atoms with Gasteiger partial charge in [-0.2, -0.15) is 4.31 Å². The summed E-state index contributed by atoms with van der Waals surface area (Å²) in [6.07, 6.45) is 0.554. The van der Waals surface area contributed by atoms with Crippen molar-refractivity contribution in [1.29, 1.82) is 0 Å². The third-order valence-corrected chi connectivity index (χ3v) is 6.45. The quantitative estimate of drug-likeness (QED) is 0.743. The van der Waals surface area contributed by atoms with Gasteiger partial charge >= 0.3 is 5.97 Å². The minimum atomic E-state index is -3.62. The van der Waals surface area contributed by atoms with Crippen molar-refractivity contribution in [3.63, 3.8) is 0 Å². The highest BCUT2D eigenvalue weighted by Crippen LogP contribution is 2.28. The molecular formula is C18H22N2O5S. The number of esters is 1. The van der Waals surface area contributed by atoms with E-state index in [0.29, 0.717) is 31.0 Å². The van der Waals surface area contributed by atoms with Gasteiger partial charge in [0.15, 0.2) is 0 Å². The number of hydrogen-bond donors (Lipinski definition) is 0. The van der Waals surface area contributed by atoms with E-state index in [0.717, 1.165) is 11.3 Å². The zero-order chi connectivity index (χ0) is 18.9. The molecule has 26 heavy (non-hydrogen) atoms. The summed E-state index contributed by atoms with van der Waals surface area (Å²) in [5, 5.41) is 0. The van der Waals surface area contributed by atoms with E-state index in [1.807, 2.05) is 0 Å². The second-order valence-corrected chi connectivity index (χ2v) is 7.98.